The highest BCUT2D eigenvalue weighted by Crippen LogP contribution is 2.10. The van der Waals surface area contributed by atoms with Crippen LogP contribution in [-0.4, -0.2) is 29.3 Å². The summed E-state index contributed by atoms with van der Waals surface area (Å²) in [4.78, 5) is 18.7. The number of pyridine rings is 1. The molecule has 0 amide bonds. The van der Waals surface area contributed by atoms with Gasteiger partial charge in [0, 0.05) is 30.8 Å². The summed E-state index contributed by atoms with van der Waals surface area (Å²) in [6.07, 6.45) is 1.79. The van der Waals surface area contributed by atoms with Gasteiger partial charge in [-0.25, -0.2) is 0 Å². The van der Waals surface area contributed by atoms with Crippen molar-refractivity contribution >= 4 is 5.78 Å². The summed E-state index contributed by atoms with van der Waals surface area (Å²) in [5, 5.41) is 0. The lowest BCUT2D eigenvalue weighted by Crippen LogP contribution is -2.28. The minimum absolute atomic E-state index is 0.0221. The van der Waals surface area contributed by atoms with Gasteiger partial charge in [0.25, 0.3) is 0 Å². The predicted molar refractivity (Wildman–Crippen MR) is 80.5 cm³/mol. The molecule has 0 aliphatic carbocycles. The molecule has 20 heavy (non-hydrogen) atoms. The van der Waals surface area contributed by atoms with Gasteiger partial charge in [0.1, 0.15) is 0 Å². The van der Waals surface area contributed by atoms with E-state index < -0.39 is 0 Å². The molecule has 0 spiro atoms. The second-order valence-corrected chi connectivity index (χ2v) is 5.15. The summed E-state index contributed by atoms with van der Waals surface area (Å²) in [5.74, 6) is 0.171. The largest absolute Gasteiger partial charge is 0.300 e. The number of Topliss-reactive ketones (excluding diaryl/α,β-unsaturated/α-hetero) is 1. The fourth-order valence-electron chi connectivity index (χ4n) is 2.27. The van der Waals surface area contributed by atoms with Gasteiger partial charge in [-0.1, -0.05) is 43.3 Å². The van der Waals surface area contributed by atoms with E-state index >= 15 is 0 Å². The van der Waals surface area contributed by atoms with E-state index in [4.69, 9.17) is 0 Å². The van der Waals surface area contributed by atoms with Gasteiger partial charge < -0.3 is 0 Å². The van der Waals surface area contributed by atoms with Crippen LogP contribution in [0.2, 0.25) is 0 Å². The Morgan fingerprint density at radius 3 is 2.50 bits per heavy atom. The first kappa shape index (κ1) is 14.4. The van der Waals surface area contributed by atoms with Crippen LogP contribution in [0.1, 0.15) is 23.0 Å². The van der Waals surface area contributed by atoms with Gasteiger partial charge in [-0.15, -0.1) is 0 Å². The predicted octanol–water partition coefficient (Wildman–Crippen LogP) is 3.03. The molecule has 1 heterocycles. The van der Waals surface area contributed by atoms with E-state index in [1.165, 1.54) is 0 Å². The fourth-order valence-corrected chi connectivity index (χ4v) is 2.27. The number of hydrogen-bond acceptors (Lipinski definition) is 3. The van der Waals surface area contributed by atoms with Crippen LogP contribution < -0.4 is 0 Å². The first-order valence-electron chi connectivity index (χ1n) is 6.84. The number of carbonyl (C=O) groups excluding carboxylic acids is 1. The lowest BCUT2D eigenvalue weighted by atomic mass is 9.99. The molecule has 1 unspecified atom stereocenters. The number of hydrogen-bond donors (Lipinski definition) is 0. The van der Waals surface area contributed by atoms with Crippen molar-refractivity contribution in [2.24, 2.45) is 5.92 Å². The molecule has 2 aromatic rings. The Kier molecular flexibility index (Phi) is 5.02. The van der Waals surface area contributed by atoms with E-state index in [9.17, 15) is 4.79 Å². The Labute approximate surface area is 120 Å². The van der Waals surface area contributed by atoms with E-state index in [1.807, 2.05) is 62.5 Å². The van der Waals surface area contributed by atoms with Crippen LogP contribution >= 0.6 is 0 Å². The van der Waals surface area contributed by atoms with Crippen molar-refractivity contribution < 1.29 is 4.79 Å². The van der Waals surface area contributed by atoms with Crippen LogP contribution in [0.3, 0.4) is 0 Å². The van der Waals surface area contributed by atoms with Crippen molar-refractivity contribution in [3.05, 3.63) is 66.0 Å². The van der Waals surface area contributed by atoms with Gasteiger partial charge in [0.15, 0.2) is 5.78 Å². The smallest absolute Gasteiger partial charge is 0.166 e. The van der Waals surface area contributed by atoms with Gasteiger partial charge in [-0.2, -0.15) is 0 Å². The zero-order valence-corrected chi connectivity index (χ0v) is 12.0. The Balaban J connectivity index is 1.91. The number of rotatable bonds is 6. The Hall–Kier alpha value is -2.00. The molecule has 0 aliphatic heterocycles. The maximum Gasteiger partial charge on any atom is 0.166 e. The highest BCUT2D eigenvalue weighted by Gasteiger charge is 2.16. The number of benzene rings is 1. The minimum Gasteiger partial charge on any atom is -0.300 e. The number of carbonyl (C=O) groups is 1. The van der Waals surface area contributed by atoms with Gasteiger partial charge in [-0.3, -0.25) is 14.7 Å². The Morgan fingerprint density at radius 1 is 1.15 bits per heavy atom. The molecule has 3 nitrogen and oxygen atoms in total. The monoisotopic (exact) mass is 268 g/mol. The van der Waals surface area contributed by atoms with E-state index in [2.05, 4.69) is 9.88 Å². The zero-order chi connectivity index (χ0) is 14.4. The van der Waals surface area contributed by atoms with Gasteiger partial charge >= 0.3 is 0 Å². The quantitative estimate of drug-likeness (QED) is 0.755. The number of ketones is 1. The summed E-state index contributed by atoms with van der Waals surface area (Å²) < 4.78 is 0. The molecule has 0 saturated carbocycles. The van der Waals surface area contributed by atoms with E-state index in [-0.39, 0.29) is 11.7 Å². The third-order valence-electron chi connectivity index (χ3n) is 3.25. The molecule has 1 aromatic carbocycles. The summed E-state index contributed by atoms with van der Waals surface area (Å²) in [5.41, 5.74) is 1.81. The molecule has 104 valence electrons. The van der Waals surface area contributed by atoms with Crippen LogP contribution in [0.25, 0.3) is 0 Å². The standard InChI is InChI=1S/C17H20N2O/c1-14(17(20)15-8-4-3-5-9-15)12-19(2)13-16-10-6-7-11-18-16/h3-11,14H,12-13H2,1-2H3. The van der Waals surface area contributed by atoms with Crippen molar-refractivity contribution in [1.82, 2.24) is 9.88 Å². The molecule has 0 fully saturated rings. The summed E-state index contributed by atoms with van der Waals surface area (Å²) in [7, 11) is 2.02. The summed E-state index contributed by atoms with van der Waals surface area (Å²) in [6, 6.07) is 15.4. The molecular weight excluding hydrogens is 248 g/mol. The Morgan fingerprint density at radius 2 is 1.85 bits per heavy atom. The second-order valence-electron chi connectivity index (χ2n) is 5.15. The molecule has 3 heteroatoms. The molecule has 0 radical (unpaired) electrons. The van der Waals surface area contributed by atoms with Crippen molar-refractivity contribution in [1.29, 1.82) is 0 Å². The van der Waals surface area contributed by atoms with Crippen LogP contribution in [0.4, 0.5) is 0 Å². The molecule has 0 saturated heterocycles. The third kappa shape index (κ3) is 4.00. The SMILES string of the molecule is CC(CN(C)Cc1ccccn1)C(=O)c1ccccc1. The molecular formula is C17H20N2O. The van der Waals surface area contributed by atoms with E-state index in [1.54, 1.807) is 6.20 Å². The molecule has 2 rings (SSSR count). The topological polar surface area (TPSA) is 33.2 Å². The van der Waals surface area contributed by atoms with Gasteiger partial charge in [-0.05, 0) is 19.2 Å². The maximum atomic E-state index is 12.3. The average molecular weight is 268 g/mol. The molecule has 0 N–H and O–H groups in total. The zero-order valence-electron chi connectivity index (χ0n) is 12.0. The van der Waals surface area contributed by atoms with Crippen molar-refractivity contribution in [2.75, 3.05) is 13.6 Å². The van der Waals surface area contributed by atoms with Gasteiger partial charge in [0.05, 0.1) is 5.69 Å². The first-order valence-corrected chi connectivity index (χ1v) is 6.84. The highest BCUT2D eigenvalue weighted by molar-refractivity contribution is 5.97. The lowest BCUT2D eigenvalue weighted by molar-refractivity contribution is 0.0900. The van der Waals surface area contributed by atoms with Crippen molar-refractivity contribution in [3.63, 3.8) is 0 Å². The fraction of sp³-hybridized carbons (Fsp3) is 0.294. The minimum atomic E-state index is -0.0221. The number of nitrogens with zero attached hydrogens (tertiary/aromatic N) is 2. The maximum absolute atomic E-state index is 12.3. The lowest BCUT2D eigenvalue weighted by Gasteiger charge is -2.20. The third-order valence-corrected chi connectivity index (χ3v) is 3.25. The molecule has 0 bridgehead atoms. The molecule has 1 atom stereocenters. The summed E-state index contributed by atoms with van der Waals surface area (Å²) in [6.45, 7) is 3.46. The first-order chi connectivity index (χ1) is 9.66. The van der Waals surface area contributed by atoms with Crippen LogP contribution in [0.15, 0.2) is 54.7 Å². The number of aromatic nitrogens is 1. The summed E-state index contributed by atoms with van der Waals surface area (Å²) >= 11 is 0. The van der Waals surface area contributed by atoms with E-state index in [0.717, 1.165) is 24.3 Å². The highest BCUT2D eigenvalue weighted by atomic mass is 16.1. The van der Waals surface area contributed by atoms with Crippen LogP contribution in [-0.2, 0) is 6.54 Å². The van der Waals surface area contributed by atoms with E-state index in [0.29, 0.717) is 0 Å². The second kappa shape index (κ2) is 6.96. The van der Waals surface area contributed by atoms with Crippen LogP contribution in [0, 0.1) is 5.92 Å². The normalized spacial score (nSPS) is 12.3. The van der Waals surface area contributed by atoms with Gasteiger partial charge in [0.2, 0.25) is 0 Å². The average Bonchev–Trinajstić information content (AvgIpc) is 2.48. The molecule has 1 aromatic heterocycles. The van der Waals surface area contributed by atoms with Crippen LogP contribution in [0.5, 0.6) is 0 Å². The Bertz CT molecular complexity index is 539. The van der Waals surface area contributed by atoms with Crippen molar-refractivity contribution in [3.8, 4) is 0 Å². The van der Waals surface area contributed by atoms with Crippen molar-refractivity contribution in [2.45, 2.75) is 13.5 Å². The molecule has 0 aliphatic rings.